The second-order valence-electron chi connectivity index (χ2n) is 7.56. The maximum absolute atomic E-state index is 11.6. The first-order valence-electron chi connectivity index (χ1n) is 10.0. The fourth-order valence-corrected chi connectivity index (χ4v) is 4.27. The number of hydrogen-bond acceptors (Lipinski definition) is 12. The van der Waals surface area contributed by atoms with Gasteiger partial charge in [-0.15, -0.1) is 0 Å². The SMILES string of the molecule is Nc1nc(=O)n([C@H]2C[C@H](O)[C@@H](CO)O2)cc1I.Nc1nc(=O)n([C@H]2C[C@H](O)[C@@H](CO)O2)cc1I. The first kappa shape index (κ1) is 27.2. The van der Waals surface area contributed by atoms with Crippen molar-refractivity contribution in [2.24, 2.45) is 0 Å². The van der Waals surface area contributed by atoms with E-state index in [1.54, 1.807) is 0 Å². The van der Waals surface area contributed by atoms with Gasteiger partial charge in [-0.1, -0.05) is 0 Å². The van der Waals surface area contributed by atoms with Gasteiger partial charge in [0.15, 0.2) is 0 Å². The molecule has 2 aliphatic heterocycles. The van der Waals surface area contributed by atoms with Gasteiger partial charge in [0, 0.05) is 25.2 Å². The minimum atomic E-state index is -0.785. The van der Waals surface area contributed by atoms with Gasteiger partial charge in [0.1, 0.15) is 36.3 Å². The van der Waals surface area contributed by atoms with Crippen LogP contribution in [0.1, 0.15) is 25.3 Å². The van der Waals surface area contributed by atoms with Crippen LogP contribution in [0.5, 0.6) is 0 Å². The van der Waals surface area contributed by atoms with Crippen LogP contribution in [0.4, 0.5) is 11.6 Å². The average Bonchev–Trinajstić information content (AvgIpc) is 3.35. The van der Waals surface area contributed by atoms with Crippen LogP contribution in [0.2, 0.25) is 0 Å². The third-order valence-electron chi connectivity index (χ3n) is 5.26. The Morgan fingerprint density at radius 2 is 1.21 bits per heavy atom. The van der Waals surface area contributed by atoms with Crippen LogP contribution >= 0.6 is 45.2 Å². The van der Waals surface area contributed by atoms with Crippen LogP contribution in [0, 0.1) is 7.14 Å². The van der Waals surface area contributed by atoms with Crippen LogP contribution < -0.4 is 22.8 Å². The van der Waals surface area contributed by atoms with E-state index in [1.165, 1.54) is 21.5 Å². The predicted molar refractivity (Wildman–Crippen MR) is 134 cm³/mol. The molecule has 0 unspecified atom stereocenters. The number of aliphatic hydroxyl groups excluding tert-OH is 4. The van der Waals surface area contributed by atoms with Crippen LogP contribution in [-0.2, 0) is 9.47 Å². The normalized spacial score (nSPS) is 28.5. The molecule has 0 spiro atoms. The monoisotopic (exact) mass is 706 g/mol. The van der Waals surface area contributed by atoms with Gasteiger partial charge >= 0.3 is 11.4 Å². The lowest BCUT2D eigenvalue weighted by Crippen LogP contribution is -2.28. The van der Waals surface area contributed by atoms with Gasteiger partial charge in [-0.05, 0) is 45.2 Å². The quantitative estimate of drug-likeness (QED) is 0.193. The molecule has 2 saturated heterocycles. The summed E-state index contributed by atoms with van der Waals surface area (Å²) in [6, 6.07) is 0. The maximum Gasteiger partial charge on any atom is 0.351 e. The molecule has 4 rings (SSSR count). The molecule has 0 radical (unpaired) electrons. The highest BCUT2D eigenvalue weighted by Crippen LogP contribution is 2.29. The number of aromatic nitrogens is 4. The Kier molecular flexibility index (Phi) is 9.23. The zero-order valence-corrected chi connectivity index (χ0v) is 21.9. The zero-order valence-electron chi connectivity index (χ0n) is 17.6. The number of aliphatic hydroxyl groups is 4. The Balaban J connectivity index is 0.000000191. The summed E-state index contributed by atoms with van der Waals surface area (Å²) in [7, 11) is 0. The van der Waals surface area contributed by atoms with Crippen LogP contribution in [-0.4, -0.2) is 77.2 Å². The highest BCUT2D eigenvalue weighted by Gasteiger charge is 2.36. The van der Waals surface area contributed by atoms with Gasteiger partial charge in [0.2, 0.25) is 0 Å². The minimum absolute atomic E-state index is 0.170. The number of nitrogens with zero attached hydrogens (tertiary/aromatic N) is 4. The van der Waals surface area contributed by atoms with Crippen LogP contribution in [0.15, 0.2) is 22.0 Å². The Morgan fingerprint density at radius 3 is 1.50 bits per heavy atom. The summed E-state index contributed by atoms with van der Waals surface area (Å²) < 4.78 is 14.5. The molecule has 2 fully saturated rings. The van der Waals surface area contributed by atoms with E-state index in [2.05, 4.69) is 9.97 Å². The molecule has 34 heavy (non-hydrogen) atoms. The van der Waals surface area contributed by atoms with E-state index in [-0.39, 0.29) is 37.7 Å². The Labute approximate surface area is 219 Å². The number of anilines is 2. The lowest BCUT2D eigenvalue weighted by Gasteiger charge is -2.14. The molecule has 6 atom stereocenters. The molecule has 0 bridgehead atoms. The fraction of sp³-hybridized carbons (Fsp3) is 0.556. The molecular weight excluding hydrogens is 682 g/mol. The minimum Gasteiger partial charge on any atom is -0.394 e. The van der Waals surface area contributed by atoms with E-state index in [0.29, 0.717) is 7.14 Å². The Hall–Kier alpha value is -1.42. The molecular formula is C18H24I2N6O8. The standard InChI is InChI=1S/2C9H12IN3O4/c2*10-4-2-13(9(16)12-8(4)11)7-1-5(15)6(3-14)17-7/h2*2,5-7,14-15H,1,3H2,(H2,11,12,16)/t2*5-,6+,7+/m00/s1. The summed E-state index contributed by atoms with van der Waals surface area (Å²) in [5.41, 5.74) is 9.96. The second kappa shape index (κ2) is 11.5. The topological polar surface area (TPSA) is 221 Å². The summed E-state index contributed by atoms with van der Waals surface area (Å²) in [5, 5.41) is 37.1. The number of hydrogen-bond donors (Lipinski definition) is 6. The van der Waals surface area contributed by atoms with Crippen molar-refractivity contribution in [3.05, 3.63) is 40.5 Å². The molecule has 0 amide bonds. The van der Waals surface area contributed by atoms with Gasteiger partial charge in [-0.25, -0.2) is 9.59 Å². The third-order valence-corrected chi connectivity index (χ3v) is 6.92. The van der Waals surface area contributed by atoms with Gasteiger partial charge in [-0.2, -0.15) is 9.97 Å². The van der Waals surface area contributed by atoms with Gasteiger partial charge in [0.25, 0.3) is 0 Å². The summed E-state index contributed by atoms with van der Waals surface area (Å²) in [6.45, 7) is -0.572. The van der Waals surface area contributed by atoms with Crippen molar-refractivity contribution >= 4 is 56.8 Å². The smallest absolute Gasteiger partial charge is 0.351 e. The van der Waals surface area contributed by atoms with Crippen LogP contribution in [0.3, 0.4) is 0 Å². The molecule has 0 aromatic carbocycles. The van der Waals surface area contributed by atoms with Gasteiger partial charge in [0.05, 0.1) is 32.6 Å². The molecule has 188 valence electrons. The first-order chi connectivity index (χ1) is 16.0. The fourth-order valence-electron chi connectivity index (χ4n) is 3.43. The largest absolute Gasteiger partial charge is 0.394 e. The van der Waals surface area contributed by atoms with E-state index in [0.717, 1.165) is 0 Å². The van der Waals surface area contributed by atoms with Crippen molar-refractivity contribution in [2.75, 3.05) is 24.7 Å². The predicted octanol–water partition coefficient (Wildman–Crippen LogP) is -1.86. The lowest BCUT2D eigenvalue weighted by atomic mass is 10.2. The summed E-state index contributed by atoms with van der Waals surface area (Å²) in [5.74, 6) is 0.341. The molecule has 2 aromatic rings. The van der Waals surface area contributed by atoms with E-state index in [4.69, 9.17) is 31.2 Å². The van der Waals surface area contributed by atoms with Crippen molar-refractivity contribution in [2.45, 2.75) is 49.7 Å². The number of rotatable bonds is 4. The van der Waals surface area contributed by atoms with Crippen molar-refractivity contribution in [3.8, 4) is 0 Å². The summed E-state index contributed by atoms with van der Waals surface area (Å²) in [6.07, 6.45) is -0.583. The molecule has 2 aromatic heterocycles. The van der Waals surface area contributed by atoms with Crippen molar-refractivity contribution in [3.63, 3.8) is 0 Å². The zero-order chi connectivity index (χ0) is 25.2. The molecule has 2 aliphatic rings. The number of nitrogens with two attached hydrogens (primary N) is 2. The van der Waals surface area contributed by atoms with Crippen molar-refractivity contribution in [1.29, 1.82) is 0 Å². The van der Waals surface area contributed by atoms with E-state index in [9.17, 15) is 19.8 Å². The first-order valence-corrected chi connectivity index (χ1v) is 12.2. The van der Waals surface area contributed by atoms with E-state index in [1.807, 2.05) is 45.2 Å². The molecule has 0 saturated carbocycles. The summed E-state index contributed by atoms with van der Waals surface area (Å²) in [4.78, 5) is 30.5. The second-order valence-corrected chi connectivity index (χ2v) is 9.88. The van der Waals surface area contributed by atoms with E-state index >= 15 is 0 Å². The number of nitrogen functional groups attached to an aromatic ring is 2. The van der Waals surface area contributed by atoms with E-state index < -0.39 is 48.3 Å². The van der Waals surface area contributed by atoms with Gasteiger partial charge in [-0.3, -0.25) is 9.13 Å². The highest BCUT2D eigenvalue weighted by atomic mass is 127. The number of halogens is 2. The molecule has 8 N–H and O–H groups in total. The maximum atomic E-state index is 11.6. The number of ether oxygens (including phenoxy) is 2. The van der Waals surface area contributed by atoms with Crippen molar-refractivity contribution in [1.82, 2.24) is 19.1 Å². The Bertz CT molecular complexity index is 1040. The summed E-state index contributed by atoms with van der Waals surface area (Å²) >= 11 is 3.92. The third kappa shape index (κ3) is 6.04. The molecule has 16 heteroatoms. The molecule has 4 heterocycles. The molecule has 0 aliphatic carbocycles. The average molecular weight is 706 g/mol. The van der Waals surface area contributed by atoms with Crippen molar-refractivity contribution < 1.29 is 29.9 Å². The molecule has 14 nitrogen and oxygen atoms in total. The van der Waals surface area contributed by atoms with Gasteiger partial charge < -0.3 is 41.4 Å². The Morgan fingerprint density at radius 1 is 0.853 bits per heavy atom. The lowest BCUT2D eigenvalue weighted by molar-refractivity contribution is -0.0459. The highest BCUT2D eigenvalue weighted by molar-refractivity contribution is 14.1. The van der Waals surface area contributed by atoms with Crippen LogP contribution in [0.25, 0.3) is 0 Å².